The van der Waals surface area contributed by atoms with E-state index in [1.165, 1.54) is 37.1 Å². The number of aromatic nitrogens is 2. The predicted octanol–water partition coefficient (Wildman–Crippen LogP) is 2.42. The van der Waals surface area contributed by atoms with Gasteiger partial charge in [0.15, 0.2) is 0 Å². The van der Waals surface area contributed by atoms with Crippen molar-refractivity contribution in [2.24, 2.45) is 0 Å². The topological polar surface area (TPSA) is 29.9 Å². The summed E-state index contributed by atoms with van der Waals surface area (Å²) < 4.78 is 2.42. The van der Waals surface area contributed by atoms with Crippen LogP contribution >= 0.6 is 11.8 Å². The Morgan fingerprint density at radius 2 is 2.33 bits per heavy atom. The number of nitrogens with zero attached hydrogens (tertiary/aromatic N) is 2. The molecule has 100 valence electrons. The quantitative estimate of drug-likeness (QED) is 0.910. The molecule has 0 amide bonds. The number of nitrogens with one attached hydrogen (secondary N) is 1. The second-order valence-corrected chi connectivity index (χ2v) is 7.29. The summed E-state index contributed by atoms with van der Waals surface area (Å²) in [6.07, 6.45) is 9.38. The van der Waals surface area contributed by atoms with Gasteiger partial charge in [-0.2, -0.15) is 11.8 Å². The molecule has 2 aliphatic heterocycles. The summed E-state index contributed by atoms with van der Waals surface area (Å²) in [5.41, 5.74) is 1.78. The molecule has 0 aromatic carbocycles. The Morgan fingerprint density at radius 3 is 3.06 bits per heavy atom. The van der Waals surface area contributed by atoms with Gasteiger partial charge < -0.3 is 9.88 Å². The van der Waals surface area contributed by atoms with E-state index < -0.39 is 0 Å². The van der Waals surface area contributed by atoms with Crippen molar-refractivity contribution in [1.82, 2.24) is 14.9 Å². The van der Waals surface area contributed by atoms with Crippen molar-refractivity contribution in [3.05, 3.63) is 18.2 Å². The smallest absolute Gasteiger partial charge is 0.0948 e. The van der Waals surface area contributed by atoms with Crippen LogP contribution in [0, 0.1) is 0 Å². The van der Waals surface area contributed by atoms with E-state index >= 15 is 0 Å². The molecule has 0 aliphatic carbocycles. The molecular weight excluding hydrogens is 242 g/mol. The van der Waals surface area contributed by atoms with Crippen LogP contribution in [0.15, 0.2) is 12.5 Å². The third-order valence-corrected chi connectivity index (χ3v) is 5.84. The summed E-state index contributed by atoms with van der Waals surface area (Å²) in [5, 5.41) is 4.27. The highest BCUT2D eigenvalue weighted by atomic mass is 32.2. The summed E-state index contributed by atoms with van der Waals surface area (Å²) >= 11 is 2.13. The average molecular weight is 265 g/mol. The lowest BCUT2D eigenvalue weighted by Gasteiger charge is -2.35. The minimum absolute atomic E-state index is 0.324. The first-order chi connectivity index (χ1) is 8.78. The van der Waals surface area contributed by atoms with Crippen LogP contribution in [0.1, 0.15) is 38.3 Å². The molecule has 1 aromatic heterocycles. The lowest BCUT2D eigenvalue weighted by molar-refractivity contribution is 0.316. The van der Waals surface area contributed by atoms with E-state index in [0.29, 0.717) is 5.41 Å². The first-order valence-electron chi connectivity index (χ1n) is 7.11. The second-order valence-electron chi connectivity index (χ2n) is 5.88. The SMILES string of the molecule is CC1(c2cncn2CC2CCCS2)CCNCC1. The Balaban J connectivity index is 1.77. The third-order valence-electron chi connectivity index (χ3n) is 4.46. The van der Waals surface area contributed by atoms with Crippen LogP contribution in [0.25, 0.3) is 0 Å². The van der Waals surface area contributed by atoms with E-state index in [1.54, 1.807) is 0 Å². The molecule has 1 unspecified atom stereocenters. The molecule has 2 saturated heterocycles. The van der Waals surface area contributed by atoms with Crippen molar-refractivity contribution in [2.45, 2.75) is 49.8 Å². The number of rotatable bonds is 3. The van der Waals surface area contributed by atoms with Crippen LogP contribution < -0.4 is 5.32 Å². The Morgan fingerprint density at radius 1 is 1.50 bits per heavy atom. The summed E-state index contributed by atoms with van der Waals surface area (Å²) in [4.78, 5) is 4.42. The van der Waals surface area contributed by atoms with Gasteiger partial charge in [-0.3, -0.25) is 0 Å². The minimum atomic E-state index is 0.324. The number of hydrogen-bond acceptors (Lipinski definition) is 3. The predicted molar refractivity (Wildman–Crippen MR) is 77.2 cm³/mol. The molecule has 1 N–H and O–H groups in total. The Kier molecular flexibility index (Phi) is 3.66. The Labute approximate surface area is 114 Å². The van der Waals surface area contributed by atoms with Gasteiger partial charge in [-0.05, 0) is 44.5 Å². The van der Waals surface area contributed by atoms with E-state index in [2.05, 4.69) is 39.8 Å². The maximum atomic E-state index is 4.42. The summed E-state index contributed by atoms with van der Waals surface area (Å²) in [7, 11) is 0. The summed E-state index contributed by atoms with van der Waals surface area (Å²) in [6, 6.07) is 0. The van der Waals surface area contributed by atoms with Crippen molar-refractivity contribution in [3.63, 3.8) is 0 Å². The Hall–Kier alpha value is -0.480. The summed E-state index contributed by atoms with van der Waals surface area (Å²) in [5.74, 6) is 1.34. The fourth-order valence-corrected chi connectivity index (χ4v) is 4.48. The molecule has 0 radical (unpaired) electrons. The standard InChI is InChI=1S/C14H23N3S/c1-14(4-6-15-7-5-14)13-9-16-11-17(13)10-12-3-2-8-18-12/h9,11-12,15H,2-8,10H2,1H3. The van der Waals surface area contributed by atoms with Gasteiger partial charge in [0.1, 0.15) is 0 Å². The van der Waals surface area contributed by atoms with Crippen LogP contribution in [0.3, 0.4) is 0 Å². The van der Waals surface area contributed by atoms with Crippen LogP contribution in [0.5, 0.6) is 0 Å². The van der Waals surface area contributed by atoms with Crippen molar-refractivity contribution < 1.29 is 0 Å². The highest BCUT2D eigenvalue weighted by molar-refractivity contribution is 8.00. The molecular formula is C14H23N3S. The van der Waals surface area contributed by atoms with E-state index in [4.69, 9.17) is 0 Å². The van der Waals surface area contributed by atoms with Gasteiger partial charge in [0.25, 0.3) is 0 Å². The zero-order chi connectivity index (χ0) is 12.4. The number of hydrogen-bond donors (Lipinski definition) is 1. The van der Waals surface area contributed by atoms with Gasteiger partial charge in [-0.25, -0.2) is 4.98 Å². The molecule has 3 heterocycles. The van der Waals surface area contributed by atoms with Crippen molar-refractivity contribution in [3.8, 4) is 0 Å². The van der Waals surface area contributed by atoms with Crippen molar-refractivity contribution in [2.75, 3.05) is 18.8 Å². The molecule has 18 heavy (non-hydrogen) atoms. The van der Waals surface area contributed by atoms with Gasteiger partial charge in [0, 0.05) is 29.1 Å². The lowest BCUT2D eigenvalue weighted by atomic mass is 9.78. The number of thioether (sulfide) groups is 1. The molecule has 3 rings (SSSR count). The van der Waals surface area contributed by atoms with Gasteiger partial charge in [0.2, 0.25) is 0 Å². The highest BCUT2D eigenvalue weighted by Gasteiger charge is 2.32. The second kappa shape index (κ2) is 5.25. The van der Waals surface area contributed by atoms with Crippen LogP contribution in [-0.4, -0.2) is 33.6 Å². The largest absolute Gasteiger partial charge is 0.333 e. The molecule has 0 saturated carbocycles. The first kappa shape index (κ1) is 12.5. The molecule has 2 fully saturated rings. The fourth-order valence-electron chi connectivity index (χ4n) is 3.21. The fraction of sp³-hybridized carbons (Fsp3) is 0.786. The van der Waals surface area contributed by atoms with Crippen LogP contribution in [-0.2, 0) is 12.0 Å². The van der Waals surface area contributed by atoms with Gasteiger partial charge in [0.05, 0.1) is 6.33 Å². The van der Waals surface area contributed by atoms with Crippen molar-refractivity contribution >= 4 is 11.8 Å². The van der Waals surface area contributed by atoms with Crippen molar-refractivity contribution in [1.29, 1.82) is 0 Å². The lowest BCUT2D eigenvalue weighted by Crippen LogP contribution is -2.39. The van der Waals surface area contributed by atoms with E-state index in [9.17, 15) is 0 Å². The molecule has 1 atom stereocenters. The number of imidazole rings is 1. The van der Waals surface area contributed by atoms with E-state index in [0.717, 1.165) is 24.9 Å². The maximum absolute atomic E-state index is 4.42. The number of piperidine rings is 1. The molecule has 2 aliphatic rings. The minimum Gasteiger partial charge on any atom is -0.333 e. The monoisotopic (exact) mass is 265 g/mol. The molecule has 3 nitrogen and oxygen atoms in total. The highest BCUT2D eigenvalue weighted by Crippen LogP contribution is 2.34. The molecule has 0 spiro atoms. The van der Waals surface area contributed by atoms with Gasteiger partial charge in [-0.1, -0.05) is 6.92 Å². The Bertz CT molecular complexity index is 389. The summed E-state index contributed by atoms with van der Waals surface area (Å²) in [6.45, 7) is 5.84. The van der Waals surface area contributed by atoms with Gasteiger partial charge >= 0.3 is 0 Å². The van der Waals surface area contributed by atoms with E-state index in [-0.39, 0.29) is 0 Å². The molecule has 0 bridgehead atoms. The zero-order valence-corrected chi connectivity index (χ0v) is 12.0. The molecule has 1 aromatic rings. The zero-order valence-electron chi connectivity index (χ0n) is 11.2. The van der Waals surface area contributed by atoms with Crippen LogP contribution in [0.2, 0.25) is 0 Å². The third kappa shape index (κ3) is 2.45. The van der Waals surface area contributed by atoms with E-state index in [1.807, 2.05) is 6.33 Å². The normalized spacial score (nSPS) is 27.5. The maximum Gasteiger partial charge on any atom is 0.0948 e. The first-order valence-corrected chi connectivity index (χ1v) is 8.16. The molecule has 4 heteroatoms. The average Bonchev–Trinajstić information content (AvgIpc) is 3.02. The van der Waals surface area contributed by atoms with Crippen LogP contribution in [0.4, 0.5) is 0 Å². The van der Waals surface area contributed by atoms with Gasteiger partial charge in [-0.15, -0.1) is 0 Å².